The maximum Gasteiger partial charge on any atom is 0.0704 e. The van der Waals surface area contributed by atoms with Gasteiger partial charge in [0.1, 0.15) is 0 Å². The molecule has 70 valence electrons. The van der Waals surface area contributed by atoms with Gasteiger partial charge in [0.25, 0.3) is 0 Å². The SMILES string of the molecule is C=C(C)COC1CCC(C)NC1. The predicted octanol–water partition coefficient (Wildman–Crippen LogP) is 1.72. The molecule has 2 atom stereocenters. The standard InChI is InChI=1S/C10H19NO/c1-8(2)7-12-10-5-4-9(3)11-6-10/h9-11H,1,4-7H2,2-3H3. The van der Waals surface area contributed by atoms with Crippen molar-refractivity contribution in [3.63, 3.8) is 0 Å². The molecule has 0 aliphatic carbocycles. The summed E-state index contributed by atoms with van der Waals surface area (Å²) < 4.78 is 5.63. The highest BCUT2D eigenvalue weighted by Gasteiger charge is 2.17. The van der Waals surface area contributed by atoms with Crippen LogP contribution in [0.4, 0.5) is 0 Å². The highest BCUT2D eigenvalue weighted by Crippen LogP contribution is 2.11. The first-order valence-corrected chi connectivity index (χ1v) is 4.68. The Kier molecular flexibility index (Phi) is 3.76. The van der Waals surface area contributed by atoms with Gasteiger partial charge in [-0.1, -0.05) is 12.2 Å². The second-order valence-electron chi connectivity index (χ2n) is 3.78. The van der Waals surface area contributed by atoms with Gasteiger partial charge in [-0.2, -0.15) is 0 Å². The van der Waals surface area contributed by atoms with E-state index in [1.54, 1.807) is 0 Å². The second-order valence-corrected chi connectivity index (χ2v) is 3.78. The van der Waals surface area contributed by atoms with Crippen molar-refractivity contribution in [3.05, 3.63) is 12.2 Å². The summed E-state index contributed by atoms with van der Waals surface area (Å²) in [6.45, 7) is 9.73. The number of nitrogens with one attached hydrogen (secondary N) is 1. The molecule has 0 aromatic rings. The Labute approximate surface area is 75.0 Å². The quantitative estimate of drug-likeness (QED) is 0.649. The zero-order chi connectivity index (χ0) is 8.97. The lowest BCUT2D eigenvalue weighted by molar-refractivity contribution is 0.0449. The van der Waals surface area contributed by atoms with Gasteiger partial charge in [-0.3, -0.25) is 0 Å². The van der Waals surface area contributed by atoms with Gasteiger partial charge >= 0.3 is 0 Å². The van der Waals surface area contributed by atoms with Crippen molar-refractivity contribution in [2.75, 3.05) is 13.2 Å². The van der Waals surface area contributed by atoms with E-state index in [4.69, 9.17) is 4.74 Å². The fourth-order valence-electron chi connectivity index (χ4n) is 1.38. The first kappa shape index (κ1) is 9.75. The van der Waals surface area contributed by atoms with E-state index >= 15 is 0 Å². The molecule has 0 aromatic heterocycles. The van der Waals surface area contributed by atoms with Crippen LogP contribution in [-0.2, 0) is 4.74 Å². The Balaban J connectivity index is 2.13. The molecule has 0 spiro atoms. The van der Waals surface area contributed by atoms with E-state index in [-0.39, 0.29) is 0 Å². The van der Waals surface area contributed by atoms with Crippen LogP contribution >= 0.6 is 0 Å². The van der Waals surface area contributed by atoms with Crippen molar-refractivity contribution in [2.24, 2.45) is 0 Å². The van der Waals surface area contributed by atoms with Gasteiger partial charge in [-0.15, -0.1) is 0 Å². The maximum atomic E-state index is 5.63. The van der Waals surface area contributed by atoms with Crippen molar-refractivity contribution in [1.82, 2.24) is 5.32 Å². The van der Waals surface area contributed by atoms with E-state index in [9.17, 15) is 0 Å². The summed E-state index contributed by atoms with van der Waals surface area (Å²) in [6.07, 6.45) is 2.81. The number of rotatable bonds is 3. The van der Waals surface area contributed by atoms with Crippen molar-refractivity contribution >= 4 is 0 Å². The second kappa shape index (κ2) is 4.63. The van der Waals surface area contributed by atoms with E-state index in [1.807, 2.05) is 6.92 Å². The molecule has 2 nitrogen and oxygen atoms in total. The summed E-state index contributed by atoms with van der Waals surface area (Å²) in [4.78, 5) is 0. The molecule has 2 unspecified atom stereocenters. The summed E-state index contributed by atoms with van der Waals surface area (Å²) >= 11 is 0. The van der Waals surface area contributed by atoms with Crippen LogP contribution in [0.1, 0.15) is 26.7 Å². The van der Waals surface area contributed by atoms with E-state index in [2.05, 4.69) is 18.8 Å². The summed E-state index contributed by atoms with van der Waals surface area (Å²) in [7, 11) is 0. The Hall–Kier alpha value is -0.340. The molecule has 1 aliphatic heterocycles. The van der Waals surface area contributed by atoms with Crippen LogP contribution in [-0.4, -0.2) is 25.3 Å². The average Bonchev–Trinajstić information content (AvgIpc) is 2.03. The predicted molar refractivity (Wildman–Crippen MR) is 51.3 cm³/mol. The number of hydrogen-bond donors (Lipinski definition) is 1. The number of ether oxygens (including phenoxy) is 1. The van der Waals surface area contributed by atoms with Gasteiger partial charge in [-0.05, 0) is 26.7 Å². The van der Waals surface area contributed by atoms with Gasteiger partial charge in [0, 0.05) is 12.6 Å². The third-order valence-electron chi connectivity index (χ3n) is 2.18. The van der Waals surface area contributed by atoms with Gasteiger partial charge < -0.3 is 10.1 Å². The van der Waals surface area contributed by atoms with Crippen LogP contribution < -0.4 is 5.32 Å². The molecule has 0 saturated carbocycles. The fourth-order valence-corrected chi connectivity index (χ4v) is 1.38. The van der Waals surface area contributed by atoms with Gasteiger partial charge in [0.15, 0.2) is 0 Å². The molecule has 0 bridgehead atoms. The monoisotopic (exact) mass is 169 g/mol. The smallest absolute Gasteiger partial charge is 0.0704 e. The maximum absolute atomic E-state index is 5.63. The molecular formula is C10H19NO. The Morgan fingerprint density at radius 1 is 1.58 bits per heavy atom. The Morgan fingerprint density at radius 2 is 2.33 bits per heavy atom. The molecule has 12 heavy (non-hydrogen) atoms. The van der Waals surface area contributed by atoms with Crippen LogP contribution in [0.2, 0.25) is 0 Å². The van der Waals surface area contributed by atoms with Crippen LogP contribution in [0.25, 0.3) is 0 Å². The molecule has 1 saturated heterocycles. The van der Waals surface area contributed by atoms with Gasteiger partial charge in [0.05, 0.1) is 12.7 Å². The molecule has 1 N–H and O–H groups in total. The van der Waals surface area contributed by atoms with E-state index in [0.717, 1.165) is 12.1 Å². The highest BCUT2D eigenvalue weighted by atomic mass is 16.5. The summed E-state index contributed by atoms with van der Waals surface area (Å²) in [5, 5.41) is 3.40. The van der Waals surface area contributed by atoms with Crippen LogP contribution in [0, 0.1) is 0 Å². The first-order chi connectivity index (χ1) is 5.68. The van der Waals surface area contributed by atoms with Gasteiger partial charge in [-0.25, -0.2) is 0 Å². The van der Waals surface area contributed by atoms with E-state index < -0.39 is 0 Å². The molecule has 1 rings (SSSR count). The third-order valence-corrected chi connectivity index (χ3v) is 2.18. The lowest BCUT2D eigenvalue weighted by atomic mass is 10.0. The minimum Gasteiger partial charge on any atom is -0.373 e. The zero-order valence-electron chi connectivity index (χ0n) is 8.10. The van der Waals surface area contributed by atoms with Crippen molar-refractivity contribution < 1.29 is 4.74 Å². The molecule has 1 heterocycles. The highest BCUT2D eigenvalue weighted by molar-refractivity contribution is 4.88. The van der Waals surface area contributed by atoms with E-state index in [1.165, 1.54) is 12.8 Å². The molecular weight excluding hydrogens is 150 g/mol. The van der Waals surface area contributed by atoms with Crippen LogP contribution in [0.3, 0.4) is 0 Å². The lowest BCUT2D eigenvalue weighted by Crippen LogP contribution is -2.41. The average molecular weight is 169 g/mol. The summed E-state index contributed by atoms with van der Waals surface area (Å²) in [5.74, 6) is 0. The van der Waals surface area contributed by atoms with Crippen molar-refractivity contribution in [3.8, 4) is 0 Å². The minimum atomic E-state index is 0.401. The van der Waals surface area contributed by atoms with Crippen LogP contribution in [0.15, 0.2) is 12.2 Å². The Bertz CT molecular complexity index is 148. The topological polar surface area (TPSA) is 21.3 Å². The zero-order valence-corrected chi connectivity index (χ0v) is 8.10. The molecule has 1 aliphatic rings. The molecule has 1 fully saturated rings. The van der Waals surface area contributed by atoms with Gasteiger partial charge in [0.2, 0.25) is 0 Å². The number of piperidine rings is 1. The molecule has 0 radical (unpaired) electrons. The third kappa shape index (κ3) is 3.37. The van der Waals surface area contributed by atoms with Crippen molar-refractivity contribution in [2.45, 2.75) is 38.8 Å². The minimum absolute atomic E-state index is 0.401. The normalized spacial score (nSPS) is 30.2. The summed E-state index contributed by atoms with van der Waals surface area (Å²) in [5.41, 5.74) is 1.11. The number of hydrogen-bond acceptors (Lipinski definition) is 2. The Morgan fingerprint density at radius 3 is 2.83 bits per heavy atom. The largest absolute Gasteiger partial charge is 0.373 e. The first-order valence-electron chi connectivity index (χ1n) is 4.68. The molecule has 0 amide bonds. The molecule has 2 heteroatoms. The fraction of sp³-hybridized carbons (Fsp3) is 0.800. The van der Waals surface area contributed by atoms with Crippen LogP contribution in [0.5, 0.6) is 0 Å². The van der Waals surface area contributed by atoms with Crippen molar-refractivity contribution in [1.29, 1.82) is 0 Å². The summed E-state index contributed by atoms with van der Waals surface area (Å²) in [6, 6.07) is 0.662. The molecule has 0 aromatic carbocycles. The lowest BCUT2D eigenvalue weighted by Gasteiger charge is -2.27. The van der Waals surface area contributed by atoms with E-state index in [0.29, 0.717) is 18.8 Å².